The van der Waals surface area contributed by atoms with E-state index >= 15 is 0 Å². The summed E-state index contributed by atoms with van der Waals surface area (Å²) in [5, 5.41) is 12.3. The number of urea groups is 1. The Balaban J connectivity index is 1.06. The summed E-state index contributed by atoms with van der Waals surface area (Å²) in [5.74, 6) is 1.38. The number of allylic oxidation sites excluding steroid dienone is 4. The van der Waals surface area contributed by atoms with Crippen LogP contribution in [0.1, 0.15) is 77.0 Å². The van der Waals surface area contributed by atoms with Crippen LogP contribution in [-0.2, 0) is 14.4 Å². The van der Waals surface area contributed by atoms with Crippen LogP contribution in [0.2, 0.25) is 0 Å². The lowest BCUT2D eigenvalue weighted by Gasteiger charge is -2.16. The number of nitrogens with one attached hydrogen (secondary N) is 4. The summed E-state index contributed by atoms with van der Waals surface area (Å²) in [4.78, 5) is 47.4. The third kappa shape index (κ3) is 9.99. The van der Waals surface area contributed by atoms with Crippen LogP contribution in [0.4, 0.5) is 4.79 Å². The smallest absolute Gasteiger partial charge is 0.315 e. The maximum atomic E-state index is 12.0. The predicted molar refractivity (Wildman–Crippen MR) is 144 cm³/mol. The third-order valence-electron chi connectivity index (χ3n) is 7.03. The monoisotopic (exact) mass is 518 g/mol. The van der Waals surface area contributed by atoms with Gasteiger partial charge in [0.1, 0.15) is 5.78 Å². The Morgan fingerprint density at radius 1 is 0.806 bits per heavy atom. The Bertz CT molecular complexity index is 804. The van der Waals surface area contributed by atoms with E-state index in [1.54, 1.807) is 0 Å². The molecule has 2 fully saturated rings. The van der Waals surface area contributed by atoms with Crippen molar-refractivity contribution in [2.24, 2.45) is 5.92 Å². The Morgan fingerprint density at radius 2 is 1.42 bits per heavy atom. The van der Waals surface area contributed by atoms with Gasteiger partial charge in [-0.25, -0.2) is 4.79 Å². The van der Waals surface area contributed by atoms with Gasteiger partial charge >= 0.3 is 6.03 Å². The first kappa shape index (κ1) is 28.3. The Hall–Kier alpha value is -2.29. The third-order valence-corrected chi connectivity index (χ3v) is 8.53. The highest BCUT2D eigenvalue weighted by molar-refractivity contribution is 8.00. The molecular formula is C27H42N4O4S. The lowest BCUT2D eigenvalue weighted by molar-refractivity contribution is -0.122. The van der Waals surface area contributed by atoms with Gasteiger partial charge in [0, 0.05) is 43.4 Å². The van der Waals surface area contributed by atoms with Gasteiger partial charge in [-0.15, -0.1) is 0 Å². The van der Waals surface area contributed by atoms with E-state index in [9.17, 15) is 19.2 Å². The number of carbonyl (C=O) groups is 4. The van der Waals surface area contributed by atoms with Gasteiger partial charge in [-0.1, -0.05) is 43.6 Å². The largest absolute Gasteiger partial charge is 0.356 e. The molecule has 2 saturated heterocycles. The molecule has 2 aliphatic heterocycles. The van der Waals surface area contributed by atoms with Gasteiger partial charge in [0.15, 0.2) is 0 Å². The van der Waals surface area contributed by atoms with Gasteiger partial charge in [0.05, 0.1) is 18.0 Å². The number of hydrogen-bond donors (Lipinski definition) is 4. The van der Waals surface area contributed by atoms with Gasteiger partial charge in [0.2, 0.25) is 11.8 Å². The highest BCUT2D eigenvalue weighted by Crippen LogP contribution is 2.33. The van der Waals surface area contributed by atoms with Crippen molar-refractivity contribution >= 4 is 35.4 Å². The second-order valence-electron chi connectivity index (χ2n) is 9.95. The van der Waals surface area contributed by atoms with E-state index in [0.29, 0.717) is 37.6 Å². The van der Waals surface area contributed by atoms with Gasteiger partial charge in [-0.05, 0) is 38.5 Å². The summed E-state index contributed by atoms with van der Waals surface area (Å²) in [7, 11) is 0. The number of carbonyl (C=O) groups excluding carboxylic acids is 4. The van der Waals surface area contributed by atoms with Crippen LogP contribution in [-0.4, -0.2) is 59.8 Å². The summed E-state index contributed by atoms with van der Waals surface area (Å²) in [5.41, 5.74) is 0. The molecule has 0 aromatic rings. The summed E-state index contributed by atoms with van der Waals surface area (Å²) in [6.45, 7) is 1.32. The molecule has 200 valence electrons. The number of ketones is 1. The van der Waals surface area contributed by atoms with Crippen LogP contribution in [0.3, 0.4) is 0 Å². The Morgan fingerprint density at radius 3 is 2.08 bits per heavy atom. The fraction of sp³-hybridized carbons (Fsp3) is 0.704. The molecule has 4 N–H and O–H groups in total. The summed E-state index contributed by atoms with van der Waals surface area (Å²) < 4.78 is 0. The molecule has 0 spiro atoms. The zero-order valence-electron chi connectivity index (χ0n) is 21.3. The minimum absolute atomic E-state index is 0.0331. The van der Waals surface area contributed by atoms with Crippen molar-refractivity contribution in [2.75, 3.05) is 18.8 Å². The molecule has 1 aliphatic carbocycles. The predicted octanol–water partition coefficient (Wildman–Crippen LogP) is 3.38. The van der Waals surface area contributed by atoms with Gasteiger partial charge in [0.25, 0.3) is 0 Å². The van der Waals surface area contributed by atoms with Crippen molar-refractivity contribution in [3.63, 3.8) is 0 Å². The molecule has 36 heavy (non-hydrogen) atoms. The van der Waals surface area contributed by atoms with Crippen molar-refractivity contribution in [1.29, 1.82) is 0 Å². The average molecular weight is 519 g/mol. The van der Waals surface area contributed by atoms with E-state index < -0.39 is 0 Å². The standard InChI is InChI=1S/C27H42N4O4S/c32-22(20-11-5-6-12-20)13-3-1-9-17-28-24(33)15-4-2-10-18-29-25(34)16-8-7-14-23-26-21(19-36-23)30-27(35)31-26/h5-6,11-12,20-21,23,26H,1-4,7-10,13-19H2,(H,28,33)(H,29,34)(H2,30,31,35)/t21-,23-,26-/m0/s1. The minimum Gasteiger partial charge on any atom is -0.356 e. The highest BCUT2D eigenvalue weighted by atomic mass is 32.2. The summed E-state index contributed by atoms with van der Waals surface area (Å²) in [6.07, 6.45) is 17.6. The molecule has 9 heteroatoms. The van der Waals surface area contributed by atoms with Crippen LogP contribution in [0.15, 0.2) is 24.3 Å². The van der Waals surface area contributed by atoms with Crippen LogP contribution < -0.4 is 21.3 Å². The molecular weight excluding hydrogens is 476 g/mol. The maximum absolute atomic E-state index is 12.0. The van der Waals surface area contributed by atoms with E-state index in [1.807, 2.05) is 36.1 Å². The van der Waals surface area contributed by atoms with Gasteiger partial charge in [-0.3, -0.25) is 14.4 Å². The van der Waals surface area contributed by atoms with Crippen LogP contribution in [0, 0.1) is 5.92 Å². The number of rotatable bonds is 18. The molecule has 3 atom stereocenters. The molecule has 0 aromatic carbocycles. The SMILES string of the molecule is O=C(CCCCCNC(=O)CCCC[C@@H]1SC[C@@H]2NC(=O)N[C@@H]21)NCCCCCC(=O)C1C=CC=C1. The van der Waals surface area contributed by atoms with E-state index in [4.69, 9.17) is 0 Å². The first-order valence-electron chi connectivity index (χ1n) is 13.6. The number of Topliss-reactive ketones (excluding diaryl/α,β-unsaturated/α-hetero) is 1. The Kier molecular flexibility index (Phi) is 12.4. The van der Waals surface area contributed by atoms with Crippen molar-refractivity contribution in [3.05, 3.63) is 24.3 Å². The highest BCUT2D eigenvalue weighted by Gasteiger charge is 2.42. The molecule has 0 bridgehead atoms. The fourth-order valence-corrected chi connectivity index (χ4v) is 6.45. The van der Waals surface area contributed by atoms with Gasteiger partial charge < -0.3 is 21.3 Å². The van der Waals surface area contributed by atoms with E-state index in [2.05, 4.69) is 21.3 Å². The normalized spacial score (nSPS) is 22.3. The number of thioether (sulfide) groups is 1. The number of fused-ring (bicyclic) bond motifs is 1. The first-order valence-corrected chi connectivity index (χ1v) is 14.7. The summed E-state index contributed by atoms with van der Waals surface area (Å²) >= 11 is 1.91. The van der Waals surface area contributed by atoms with E-state index in [1.165, 1.54) is 0 Å². The lowest BCUT2D eigenvalue weighted by atomic mass is 10.0. The fourth-order valence-electron chi connectivity index (χ4n) is 4.91. The first-order chi connectivity index (χ1) is 17.5. The molecule has 8 nitrogen and oxygen atoms in total. The van der Waals surface area contributed by atoms with Gasteiger partial charge in [-0.2, -0.15) is 11.8 Å². The zero-order chi connectivity index (χ0) is 25.6. The van der Waals surface area contributed by atoms with Crippen molar-refractivity contribution in [2.45, 2.75) is 94.4 Å². The molecule has 0 radical (unpaired) electrons. The van der Waals surface area contributed by atoms with E-state index in [-0.39, 0.29) is 41.6 Å². The lowest BCUT2D eigenvalue weighted by Crippen LogP contribution is -2.36. The topological polar surface area (TPSA) is 116 Å². The molecule has 0 unspecified atom stereocenters. The zero-order valence-corrected chi connectivity index (χ0v) is 22.1. The van der Waals surface area contributed by atoms with Crippen molar-refractivity contribution < 1.29 is 19.2 Å². The number of hydrogen-bond acceptors (Lipinski definition) is 5. The maximum Gasteiger partial charge on any atom is 0.315 e. The second kappa shape index (κ2) is 15.7. The quantitative estimate of drug-likeness (QED) is 0.164. The second-order valence-corrected chi connectivity index (χ2v) is 11.2. The molecule has 0 aromatic heterocycles. The minimum atomic E-state index is -0.0539. The van der Waals surface area contributed by atoms with Crippen molar-refractivity contribution in [1.82, 2.24) is 21.3 Å². The average Bonchev–Trinajstić information content (AvgIpc) is 3.60. The molecule has 3 aliphatic rings. The molecule has 0 saturated carbocycles. The number of amides is 4. The molecule has 4 amide bonds. The molecule has 2 heterocycles. The van der Waals surface area contributed by atoms with Crippen LogP contribution >= 0.6 is 11.8 Å². The number of unbranched alkanes of at least 4 members (excludes halogenated alkanes) is 5. The molecule has 3 rings (SSSR count). The van der Waals surface area contributed by atoms with E-state index in [0.717, 1.165) is 63.5 Å². The van der Waals surface area contributed by atoms with Crippen LogP contribution in [0.5, 0.6) is 0 Å². The van der Waals surface area contributed by atoms with Crippen LogP contribution in [0.25, 0.3) is 0 Å². The van der Waals surface area contributed by atoms with Crippen molar-refractivity contribution in [3.8, 4) is 0 Å². The summed E-state index contributed by atoms with van der Waals surface area (Å²) in [6, 6.07) is 0.436. The Labute approximate surface area is 219 Å².